The van der Waals surface area contributed by atoms with Crippen LogP contribution in [0, 0.1) is 0 Å². The van der Waals surface area contributed by atoms with Crippen LogP contribution in [0.5, 0.6) is 11.5 Å². The van der Waals surface area contributed by atoms with Gasteiger partial charge in [-0.2, -0.15) is 5.10 Å². The summed E-state index contributed by atoms with van der Waals surface area (Å²) in [4.78, 5) is 35.6. The van der Waals surface area contributed by atoms with Crippen molar-refractivity contribution in [3.63, 3.8) is 0 Å². The highest BCUT2D eigenvalue weighted by Gasteiger charge is 2.27. The van der Waals surface area contributed by atoms with Gasteiger partial charge in [0.05, 0.1) is 50.6 Å². The van der Waals surface area contributed by atoms with Crippen molar-refractivity contribution in [3.05, 3.63) is 59.9 Å². The van der Waals surface area contributed by atoms with E-state index < -0.39 is 0 Å². The molecule has 1 aliphatic rings. The molecule has 160 valence electrons. The van der Waals surface area contributed by atoms with Gasteiger partial charge < -0.3 is 19.7 Å². The third-order valence-electron chi connectivity index (χ3n) is 5.02. The largest absolute Gasteiger partial charge is 0.497 e. The molecule has 3 heterocycles. The normalized spacial score (nSPS) is 13.2. The number of hydrogen-bond acceptors (Lipinski definition) is 7. The lowest BCUT2D eigenvalue weighted by Crippen LogP contribution is -2.32. The van der Waals surface area contributed by atoms with Gasteiger partial charge in [0.25, 0.3) is 11.8 Å². The number of anilines is 1. The number of carbonyl (C=O) groups excluding carboxylic acids is 2. The highest BCUT2D eigenvalue weighted by molar-refractivity contribution is 6.05. The molecule has 1 aliphatic heterocycles. The van der Waals surface area contributed by atoms with Crippen molar-refractivity contribution in [2.45, 2.75) is 19.5 Å². The number of aromatic nitrogens is 4. The number of fused-ring (bicyclic) bond motifs is 1. The number of nitrogens with one attached hydrogen (secondary N) is 1. The van der Waals surface area contributed by atoms with E-state index >= 15 is 0 Å². The third-order valence-corrected chi connectivity index (χ3v) is 5.02. The lowest BCUT2D eigenvalue weighted by Gasteiger charge is -2.19. The van der Waals surface area contributed by atoms with E-state index in [1.807, 2.05) is 0 Å². The highest BCUT2D eigenvalue weighted by atomic mass is 16.5. The Kier molecular flexibility index (Phi) is 5.78. The summed E-state index contributed by atoms with van der Waals surface area (Å²) in [6.45, 7) is 1.36. The molecule has 1 N–H and O–H groups in total. The zero-order valence-electron chi connectivity index (χ0n) is 17.2. The molecule has 10 nitrogen and oxygen atoms in total. The van der Waals surface area contributed by atoms with Crippen molar-refractivity contribution in [2.24, 2.45) is 0 Å². The summed E-state index contributed by atoms with van der Waals surface area (Å²) in [6.07, 6.45) is 5.15. The zero-order chi connectivity index (χ0) is 21.8. The van der Waals surface area contributed by atoms with Gasteiger partial charge in [0.1, 0.15) is 5.75 Å². The molecule has 1 aromatic carbocycles. The van der Waals surface area contributed by atoms with Crippen molar-refractivity contribution in [2.75, 3.05) is 26.1 Å². The van der Waals surface area contributed by atoms with Crippen LogP contribution in [0.4, 0.5) is 5.69 Å². The maximum absolute atomic E-state index is 12.9. The topological polar surface area (TPSA) is 111 Å². The molecule has 0 unspecified atom stereocenters. The SMILES string of the molecule is COc1ccc(NC(=O)c2cnn3c2CN(C(=O)c2ncc(OC)cn2)CCC3)cc1. The lowest BCUT2D eigenvalue weighted by atomic mass is 10.2. The molecule has 2 aromatic heterocycles. The Morgan fingerprint density at radius 3 is 2.35 bits per heavy atom. The second kappa shape index (κ2) is 8.82. The van der Waals surface area contributed by atoms with Crippen LogP contribution in [0.2, 0.25) is 0 Å². The van der Waals surface area contributed by atoms with E-state index in [2.05, 4.69) is 20.4 Å². The first kappa shape index (κ1) is 20.3. The molecule has 0 aliphatic carbocycles. The predicted octanol–water partition coefficient (Wildman–Crippen LogP) is 1.99. The van der Waals surface area contributed by atoms with Gasteiger partial charge in [0.15, 0.2) is 5.75 Å². The molecule has 0 spiro atoms. The number of amides is 2. The monoisotopic (exact) mass is 422 g/mol. The molecular formula is C21H22N6O4. The zero-order valence-corrected chi connectivity index (χ0v) is 17.2. The van der Waals surface area contributed by atoms with Gasteiger partial charge in [-0.05, 0) is 30.7 Å². The Labute approximate surface area is 178 Å². The molecule has 0 saturated carbocycles. The predicted molar refractivity (Wildman–Crippen MR) is 111 cm³/mol. The van der Waals surface area contributed by atoms with E-state index in [1.54, 1.807) is 41.0 Å². The van der Waals surface area contributed by atoms with Crippen molar-refractivity contribution >= 4 is 17.5 Å². The van der Waals surface area contributed by atoms with Crippen LogP contribution in [0.3, 0.4) is 0 Å². The Morgan fingerprint density at radius 1 is 0.968 bits per heavy atom. The maximum atomic E-state index is 12.9. The molecular weight excluding hydrogens is 400 g/mol. The molecule has 0 radical (unpaired) electrons. The van der Waals surface area contributed by atoms with Crippen LogP contribution in [-0.4, -0.2) is 57.2 Å². The van der Waals surface area contributed by atoms with Crippen LogP contribution in [-0.2, 0) is 13.1 Å². The maximum Gasteiger partial charge on any atom is 0.292 e. The number of carbonyl (C=O) groups is 2. The van der Waals surface area contributed by atoms with Crippen LogP contribution in [0.15, 0.2) is 42.9 Å². The first-order valence-corrected chi connectivity index (χ1v) is 9.74. The third kappa shape index (κ3) is 4.32. The van der Waals surface area contributed by atoms with Gasteiger partial charge in [-0.3, -0.25) is 14.3 Å². The number of nitrogens with zero attached hydrogens (tertiary/aromatic N) is 5. The van der Waals surface area contributed by atoms with Crippen LogP contribution in [0.25, 0.3) is 0 Å². The molecule has 4 rings (SSSR count). The molecule has 3 aromatic rings. The minimum absolute atomic E-state index is 0.0815. The quantitative estimate of drug-likeness (QED) is 0.669. The van der Waals surface area contributed by atoms with E-state index in [4.69, 9.17) is 9.47 Å². The molecule has 0 bridgehead atoms. The molecule has 0 atom stereocenters. The van der Waals surface area contributed by atoms with Crippen LogP contribution < -0.4 is 14.8 Å². The number of aryl methyl sites for hydroxylation is 1. The first-order valence-electron chi connectivity index (χ1n) is 9.74. The van der Waals surface area contributed by atoms with Gasteiger partial charge in [0, 0.05) is 18.8 Å². The van der Waals surface area contributed by atoms with E-state index in [9.17, 15) is 9.59 Å². The Hall–Kier alpha value is -3.95. The molecule has 0 fully saturated rings. The fourth-order valence-electron chi connectivity index (χ4n) is 3.35. The van der Waals surface area contributed by atoms with E-state index in [0.29, 0.717) is 48.0 Å². The van der Waals surface area contributed by atoms with Gasteiger partial charge in [-0.15, -0.1) is 0 Å². The summed E-state index contributed by atoms with van der Waals surface area (Å²) in [5, 5.41) is 7.21. The minimum atomic E-state index is -0.307. The standard InChI is InChI=1S/C21H22N6O4/c1-30-15-6-4-14(5-7-15)25-20(28)17-12-24-27-9-3-8-26(13-18(17)27)21(29)19-22-10-16(31-2)11-23-19/h4-7,10-12H,3,8-9,13H2,1-2H3,(H,25,28). The van der Waals surface area contributed by atoms with Crippen molar-refractivity contribution in [1.29, 1.82) is 0 Å². The highest BCUT2D eigenvalue weighted by Crippen LogP contribution is 2.21. The van der Waals surface area contributed by atoms with E-state index in [0.717, 1.165) is 0 Å². The van der Waals surface area contributed by atoms with Gasteiger partial charge in [-0.1, -0.05) is 0 Å². The number of rotatable bonds is 5. The molecule has 2 amide bonds. The van der Waals surface area contributed by atoms with Gasteiger partial charge >= 0.3 is 0 Å². The molecule has 31 heavy (non-hydrogen) atoms. The second-order valence-corrected chi connectivity index (χ2v) is 6.94. The number of methoxy groups -OCH3 is 2. The summed E-state index contributed by atoms with van der Waals surface area (Å²) in [5.74, 6) is 0.661. The molecule has 10 heteroatoms. The van der Waals surface area contributed by atoms with Crippen molar-refractivity contribution in [1.82, 2.24) is 24.6 Å². The second-order valence-electron chi connectivity index (χ2n) is 6.94. The number of benzene rings is 1. The summed E-state index contributed by atoms with van der Waals surface area (Å²) in [5.41, 5.74) is 1.73. The van der Waals surface area contributed by atoms with Crippen LogP contribution >= 0.6 is 0 Å². The molecule has 0 saturated heterocycles. The van der Waals surface area contributed by atoms with E-state index in [1.165, 1.54) is 25.7 Å². The lowest BCUT2D eigenvalue weighted by molar-refractivity contribution is 0.0731. The Balaban J connectivity index is 1.53. The van der Waals surface area contributed by atoms with E-state index in [-0.39, 0.29) is 24.2 Å². The average molecular weight is 422 g/mol. The minimum Gasteiger partial charge on any atom is -0.497 e. The summed E-state index contributed by atoms with van der Waals surface area (Å²) < 4.78 is 11.9. The average Bonchev–Trinajstić information content (AvgIpc) is 3.09. The Morgan fingerprint density at radius 2 is 1.68 bits per heavy atom. The number of hydrogen-bond donors (Lipinski definition) is 1. The van der Waals surface area contributed by atoms with Gasteiger partial charge in [0.2, 0.25) is 5.82 Å². The summed E-state index contributed by atoms with van der Waals surface area (Å²) in [7, 11) is 3.09. The first-order chi connectivity index (χ1) is 15.1. The fraction of sp³-hybridized carbons (Fsp3) is 0.286. The number of ether oxygens (including phenoxy) is 2. The van der Waals surface area contributed by atoms with Crippen molar-refractivity contribution < 1.29 is 19.1 Å². The summed E-state index contributed by atoms with van der Waals surface area (Å²) in [6, 6.07) is 7.05. The van der Waals surface area contributed by atoms with Gasteiger partial charge in [-0.25, -0.2) is 9.97 Å². The fourth-order valence-corrected chi connectivity index (χ4v) is 3.35. The van der Waals surface area contributed by atoms with Crippen molar-refractivity contribution in [3.8, 4) is 11.5 Å². The Bertz CT molecular complexity index is 1080. The smallest absolute Gasteiger partial charge is 0.292 e. The summed E-state index contributed by atoms with van der Waals surface area (Å²) >= 11 is 0. The van der Waals surface area contributed by atoms with Crippen LogP contribution in [0.1, 0.15) is 33.1 Å².